The largest absolute Gasteiger partial charge is 0.370 e. The lowest BCUT2D eigenvalue weighted by Gasteiger charge is -2.32. The molecule has 3 amide bonds. The van der Waals surface area contributed by atoms with Crippen LogP contribution < -0.4 is 44.2 Å². The summed E-state index contributed by atoms with van der Waals surface area (Å²) in [6.45, 7) is 1.31. The molecule has 14 heteroatoms. The zero-order valence-electron chi connectivity index (χ0n) is 23.1. The second-order valence-electron chi connectivity index (χ2n) is 9.89. The van der Waals surface area contributed by atoms with Gasteiger partial charge in [0.1, 0.15) is 6.29 Å². The molecule has 4 unspecified atom stereocenters. The molecule has 12 N–H and O–H groups in total. The molecule has 1 aliphatic rings. The number of nitrogens with zero attached hydrogens (tertiary/aromatic N) is 2. The van der Waals surface area contributed by atoms with E-state index in [0.29, 0.717) is 58.2 Å². The Labute approximate surface area is 230 Å². The van der Waals surface area contributed by atoms with Crippen LogP contribution in [-0.4, -0.2) is 80.7 Å². The first-order valence-corrected chi connectivity index (χ1v) is 13.7. The first-order valence-electron chi connectivity index (χ1n) is 13.7. The van der Waals surface area contributed by atoms with Gasteiger partial charge in [-0.25, -0.2) is 0 Å². The van der Waals surface area contributed by atoms with Crippen molar-refractivity contribution in [3.8, 4) is 0 Å². The molecule has 222 valence electrons. The minimum atomic E-state index is -0.465. The van der Waals surface area contributed by atoms with Crippen LogP contribution in [0.3, 0.4) is 0 Å². The number of guanidine groups is 2. The Kier molecular flexibility index (Phi) is 16.9. The zero-order chi connectivity index (χ0) is 29.0. The van der Waals surface area contributed by atoms with Gasteiger partial charge in [0.15, 0.2) is 11.9 Å². The number of rotatable bonds is 19. The van der Waals surface area contributed by atoms with Crippen LogP contribution in [0.2, 0.25) is 0 Å². The third kappa shape index (κ3) is 15.6. The van der Waals surface area contributed by atoms with Gasteiger partial charge in [0, 0.05) is 57.0 Å². The number of carbonyl (C=O) groups excluding carboxylic acids is 4. The predicted molar refractivity (Wildman–Crippen MR) is 151 cm³/mol. The summed E-state index contributed by atoms with van der Waals surface area (Å²) in [5, 5.41) is 11.9. The molecule has 1 aliphatic carbocycles. The van der Waals surface area contributed by atoms with Crippen molar-refractivity contribution in [1.29, 1.82) is 0 Å². The summed E-state index contributed by atoms with van der Waals surface area (Å²) < 4.78 is 0. The van der Waals surface area contributed by atoms with Crippen LogP contribution in [0.5, 0.6) is 0 Å². The SMILES string of the molecule is CNCCC(=O)NC1CCCCC1C(=O)NC(CCCN=C(N)N)CC(=O)NC(CC=O)CCCN=C(N)N. The van der Waals surface area contributed by atoms with Crippen molar-refractivity contribution >= 4 is 35.9 Å². The number of carbonyl (C=O) groups is 4. The molecule has 14 nitrogen and oxygen atoms in total. The summed E-state index contributed by atoms with van der Waals surface area (Å²) in [6.07, 6.45) is 6.66. The van der Waals surface area contributed by atoms with E-state index in [2.05, 4.69) is 31.3 Å². The van der Waals surface area contributed by atoms with Crippen LogP contribution in [0.25, 0.3) is 0 Å². The van der Waals surface area contributed by atoms with Crippen LogP contribution in [-0.2, 0) is 19.2 Å². The van der Waals surface area contributed by atoms with E-state index in [1.165, 1.54) is 0 Å². The number of amides is 3. The molecule has 39 heavy (non-hydrogen) atoms. The van der Waals surface area contributed by atoms with Gasteiger partial charge < -0.3 is 49.0 Å². The van der Waals surface area contributed by atoms with Gasteiger partial charge in [-0.3, -0.25) is 24.4 Å². The Hall–Kier alpha value is -3.42. The summed E-state index contributed by atoms with van der Waals surface area (Å²) >= 11 is 0. The Morgan fingerprint density at radius 2 is 1.51 bits per heavy atom. The van der Waals surface area contributed by atoms with Gasteiger partial charge in [-0.2, -0.15) is 0 Å². The number of nitrogens with one attached hydrogen (secondary N) is 4. The third-order valence-electron chi connectivity index (χ3n) is 6.59. The number of aliphatic imine (C=N–C) groups is 2. The number of nitrogens with two attached hydrogens (primary N) is 4. The lowest BCUT2D eigenvalue weighted by molar-refractivity contribution is -0.129. The maximum absolute atomic E-state index is 13.3. The Morgan fingerprint density at radius 3 is 2.10 bits per heavy atom. The minimum absolute atomic E-state index is 0.0111. The fourth-order valence-electron chi connectivity index (χ4n) is 4.64. The highest BCUT2D eigenvalue weighted by molar-refractivity contribution is 5.83. The van der Waals surface area contributed by atoms with Crippen molar-refractivity contribution in [3.05, 3.63) is 0 Å². The van der Waals surface area contributed by atoms with Gasteiger partial charge in [-0.15, -0.1) is 0 Å². The standard InChI is InChI=1S/C25H48N10O4/c1-30-14-10-21(37)35-20-9-3-2-8-19(20)23(39)34-18(7-5-13-32-25(28)29)16-22(38)33-17(11-15-36)6-4-12-31-24(26)27/h15,17-20,30H,2-14,16H2,1H3,(H,33,38)(H,34,39)(H,35,37)(H4,26,27,31)(H4,28,29,32). The first-order chi connectivity index (χ1) is 18.7. The molecular formula is C25H48N10O4. The molecule has 0 aliphatic heterocycles. The van der Waals surface area contributed by atoms with Gasteiger partial charge in [0.05, 0.1) is 5.92 Å². The second-order valence-corrected chi connectivity index (χ2v) is 9.89. The molecule has 0 aromatic carbocycles. The van der Waals surface area contributed by atoms with Gasteiger partial charge in [-0.05, 0) is 45.6 Å². The average Bonchev–Trinajstić information content (AvgIpc) is 2.87. The van der Waals surface area contributed by atoms with Crippen molar-refractivity contribution in [2.24, 2.45) is 38.8 Å². The quantitative estimate of drug-likeness (QED) is 0.0394. The first kappa shape index (κ1) is 33.6. The van der Waals surface area contributed by atoms with E-state index in [9.17, 15) is 19.2 Å². The molecule has 4 atom stereocenters. The molecule has 1 fully saturated rings. The van der Waals surface area contributed by atoms with Crippen LogP contribution in [0.15, 0.2) is 9.98 Å². The van der Waals surface area contributed by atoms with E-state index >= 15 is 0 Å². The molecule has 0 bridgehead atoms. The average molecular weight is 553 g/mol. The van der Waals surface area contributed by atoms with Gasteiger partial charge in [-0.1, -0.05) is 12.8 Å². The topological polar surface area (TPSA) is 245 Å². The Bertz CT molecular complexity index is 828. The molecule has 1 saturated carbocycles. The normalized spacial score (nSPS) is 18.2. The highest BCUT2D eigenvalue weighted by Crippen LogP contribution is 2.25. The molecule has 0 spiro atoms. The van der Waals surface area contributed by atoms with Crippen molar-refractivity contribution in [2.75, 3.05) is 26.7 Å². The molecule has 0 radical (unpaired) electrons. The van der Waals surface area contributed by atoms with Gasteiger partial charge >= 0.3 is 0 Å². The monoisotopic (exact) mass is 552 g/mol. The van der Waals surface area contributed by atoms with Crippen molar-refractivity contribution in [2.45, 2.75) is 88.8 Å². The molecule has 0 saturated heterocycles. The number of hydrogen-bond donors (Lipinski definition) is 8. The zero-order valence-corrected chi connectivity index (χ0v) is 23.1. The van der Waals surface area contributed by atoms with E-state index < -0.39 is 6.04 Å². The van der Waals surface area contributed by atoms with E-state index in [1.807, 2.05) is 0 Å². The maximum atomic E-state index is 13.3. The highest BCUT2D eigenvalue weighted by atomic mass is 16.2. The molecule has 1 rings (SSSR count). The maximum Gasteiger partial charge on any atom is 0.225 e. The Balaban J connectivity index is 2.82. The van der Waals surface area contributed by atoms with Crippen molar-refractivity contribution in [3.63, 3.8) is 0 Å². The molecule has 0 heterocycles. The van der Waals surface area contributed by atoms with Crippen LogP contribution in [0.1, 0.15) is 70.6 Å². The molecule has 0 aromatic rings. The van der Waals surface area contributed by atoms with Gasteiger partial charge in [0.2, 0.25) is 17.7 Å². The van der Waals surface area contributed by atoms with Crippen LogP contribution in [0.4, 0.5) is 0 Å². The molecular weight excluding hydrogens is 504 g/mol. The van der Waals surface area contributed by atoms with Crippen LogP contribution in [0, 0.1) is 5.92 Å². The summed E-state index contributed by atoms with van der Waals surface area (Å²) in [5.41, 5.74) is 21.5. The van der Waals surface area contributed by atoms with E-state index in [1.54, 1.807) is 7.05 Å². The van der Waals surface area contributed by atoms with Crippen molar-refractivity contribution in [1.82, 2.24) is 21.3 Å². The molecule has 0 aromatic heterocycles. The predicted octanol–water partition coefficient (Wildman–Crippen LogP) is -1.67. The smallest absolute Gasteiger partial charge is 0.225 e. The summed E-state index contributed by atoms with van der Waals surface area (Å²) in [7, 11) is 1.78. The summed E-state index contributed by atoms with van der Waals surface area (Å²) in [6, 6.07) is -1.08. The number of aldehydes is 1. The van der Waals surface area contributed by atoms with E-state index in [-0.39, 0.29) is 60.5 Å². The van der Waals surface area contributed by atoms with Crippen molar-refractivity contribution < 1.29 is 19.2 Å². The van der Waals surface area contributed by atoms with E-state index in [0.717, 1.165) is 25.5 Å². The fourth-order valence-corrected chi connectivity index (χ4v) is 4.64. The van der Waals surface area contributed by atoms with E-state index in [4.69, 9.17) is 22.9 Å². The highest BCUT2D eigenvalue weighted by Gasteiger charge is 2.33. The summed E-state index contributed by atoms with van der Waals surface area (Å²) in [5.74, 6) is -0.971. The number of hydrogen-bond acceptors (Lipinski definition) is 7. The lowest BCUT2D eigenvalue weighted by atomic mass is 9.83. The minimum Gasteiger partial charge on any atom is -0.370 e. The fraction of sp³-hybridized carbons (Fsp3) is 0.760. The van der Waals surface area contributed by atoms with Gasteiger partial charge in [0.25, 0.3) is 0 Å². The van der Waals surface area contributed by atoms with Crippen LogP contribution >= 0.6 is 0 Å². The third-order valence-corrected chi connectivity index (χ3v) is 6.59. The Morgan fingerprint density at radius 1 is 0.897 bits per heavy atom. The summed E-state index contributed by atoms with van der Waals surface area (Å²) in [4.78, 5) is 57.6. The lowest BCUT2D eigenvalue weighted by Crippen LogP contribution is -2.51. The second kappa shape index (κ2) is 19.6.